The maximum Gasteiger partial charge on any atom is 0.251 e. The number of aromatic amines is 1. The van der Waals surface area contributed by atoms with Crippen molar-refractivity contribution >= 4 is 11.6 Å². The van der Waals surface area contributed by atoms with Crippen molar-refractivity contribution in [1.82, 2.24) is 15.5 Å². The van der Waals surface area contributed by atoms with Crippen LogP contribution in [0.3, 0.4) is 0 Å². The number of amides is 1. The van der Waals surface area contributed by atoms with E-state index >= 15 is 0 Å². The molecule has 0 atom stereocenters. The minimum absolute atomic E-state index is 0.207. The van der Waals surface area contributed by atoms with Crippen LogP contribution in [0, 0.1) is 0 Å². The first-order chi connectivity index (χ1) is 8.69. The van der Waals surface area contributed by atoms with Crippen LogP contribution in [0.1, 0.15) is 15.9 Å². The van der Waals surface area contributed by atoms with Gasteiger partial charge in [0, 0.05) is 35.6 Å². The van der Waals surface area contributed by atoms with Crippen molar-refractivity contribution in [3.8, 4) is 5.75 Å². The molecule has 6 heteroatoms. The van der Waals surface area contributed by atoms with Crippen molar-refractivity contribution in [2.45, 2.75) is 6.54 Å². The second-order valence-corrected chi connectivity index (χ2v) is 3.78. The highest BCUT2D eigenvalue weighted by atomic mass is 16.5. The number of H-pyrrole nitrogens is 1. The van der Waals surface area contributed by atoms with Crippen molar-refractivity contribution < 1.29 is 9.53 Å². The molecule has 0 unspecified atom stereocenters. The fraction of sp³-hybridized carbons (Fsp3) is 0.167. The highest BCUT2D eigenvalue weighted by Crippen LogP contribution is 2.18. The number of carbonyl (C=O) groups excluding carboxylic acids is 1. The zero-order valence-corrected chi connectivity index (χ0v) is 9.93. The fourth-order valence-electron chi connectivity index (χ4n) is 1.53. The summed E-state index contributed by atoms with van der Waals surface area (Å²) in [5.74, 6) is 0.352. The molecule has 1 amide bonds. The maximum atomic E-state index is 11.9. The highest BCUT2D eigenvalue weighted by molar-refractivity contribution is 5.95. The third-order valence-electron chi connectivity index (χ3n) is 2.43. The molecule has 0 bridgehead atoms. The molecule has 0 fully saturated rings. The Kier molecular flexibility index (Phi) is 3.47. The van der Waals surface area contributed by atoms with Crippen molar-refractivity contribution in [2.24, 2.45) is 0 Å². The van der Waals surface area contributed by atoms with Crippen LogP contribution in [0.25, 0.3) is 0 Å². The second-order valence-electron chi connectivity index (χ2n) is 3.78. The molecule has 2 aromatic rings. The summed E-state index contributed by atoms with van der Waals surface area (Å²) in [5.41, 5.74) is 7.55. The molecule has 0 aliphatic heterocycles. The first-order valence-electron chi connectivity index (χ1n) is 5.39. The summed E-state index contributed by atoms with van der Waals surface area (Å²) in [6.07, 6.45) is 3.38. The van der Waals surface area contributed by atoms with Gasteiger partial charge in [0.2, 0.25) is 0 Å². The minimum atomic E-state index is -0.207. The third-order valence-corrected chi connectivity index (χ3v) is 2.43. The Hall–Kier alpha value is -2.50. The quantitative estimate of drug-likeness (QED) is 0.700. The van der Waals surface area contributed by atoms with Crippen LogP contribution in [0.15, 0.2) is 30.6 Å². The number of anilines is 1. The lowest BCUT2D eigenvalue weighted by molar-refractivity contribution is 0.0950. The number of rotatable bonds is 4. The third kappa shape index (κ3) is 2.79. The van der Waals surface area contributed by atoms with Crippen molar-refractivity contribution in [3.63, 3.8) is 0 Å². The number of benzene rings is 1. The molecule has 94 valence electrons. The number of ether oxygens (including phenoxy) is 1. The van der Waals surface area contributed by atoms with Gasteiger partial charge in [-0.1, -0.05) is 0 Å². The van der Waals surface area contributed by atoms with Crippen molar-refractivity contribution in [3.05, 3.63) is 41.7 Å². The van der Waals surface area contributed by atoms with Gasteiger partial charge in [-0.3, -0.25) is 9.89 Å². The number of hydrogen-bond acceptors (Lipinski definition) is 4. The summed E-state index contributed by atoms with van der Waals surface area (Å²) in [5, 5.41) is 9.25. The molecule has 1 heterocycles. The van der Waals surface area contributed by atoms with Crippen molar-refractivity contribution in [2.75, 3.05) is 12.8 Å². The molecular weight excluding hydrogens is 232 g/mol. The Morgan fingerprint density at radius 3 is 3.00 bits per heavy atom. The van der Waals surface area contributed by atoms with Gasteiger partial charge in [-0.05, 0) is 12.1 Å². The van der Waals surface area contributed by atoms with Gasteiger partial charge < -0.3 is 15.8 Å². The molecule has 2 rings (SSSR count). The number of nitrogens with one attached hydrogen (secondary N) is 2. The predicted octanol–water partition coefficient (Wildman–Crippen LogP) is 0.930. The molecule has 0 saturated heterocycles. The van der Waals surface area contributed by atoms with E-state index in [4.69, 9.17) is 10.5 Å². The molecule has 1 aromatic heterocycles. The lowest BCUT2D eigenvalue weighted by atomic mass is 10.1. The van der Waals surface area contributed by atoms with Crippen LogP contribution in [-0.4, -0.2) is 23.2 Å². The minimum Gasteiger partial charge on any atom is -0.497 e. The van der Waals surface area contributed by atoms with Crippen LogP contribution in [0.5, 0.6) is 5.75 Å². The lowest BCUT2D eigenvalue weighted by Crippen LogP contribution is -2.22. The van der Waals surface area contributed by atoms with Gasteiger partial charge in [-0.25, -0.2) is 0 Å². The Balaban J connectivity index is 2.06. The standard InChI is InChI=1S/C12H14N4O2/c1-18-11-3-9(2-10(13)4-11)12(17)14-5-8-6-15-16-7-8/h2-4,6-7H,5,13H2,1H3,(H,14,17)(H,15,16). The van der Waals surface area contributed by atoms with Gasteiger partial charge in [0.05, 0.1) is 13.3 Å². The number of nitrogens with zero attached hydrogens (tertiary/aromatic N) is 1. The molecule has 0 aliphatic carbocycles. The van der Waals surface area contributed by atoms with Crippen LogP contribution < -0.4 is 15.8 Å². The van der Waals surface area contributed by atoms with Gasteiger partial charge in [-0.2, -0.15) is 5.10 Å². The molecule has 0 aliphatic rings. The van der Waals surface area contributed by atoms with Gasteiger partial charge >= 0.3 is 0 Å². The summed E-state index contributed by atoms with van der Waals surface area (Å²) in [6.45, 7) is 0.409. The normalized spacial score (nSPS) is 10.1. The number of hydrogen-bond donors (Lipinski definition) is 3. The predicted molar refractivity (Wildman–Crippen MR) is 67.2 cm³/mol. The number of aromatic nitrogens is 2. The first-order valence-corrected chi connectivity index (χ1v) is 5.39. The molecule has 18 heavy (non-hydrogen) atoms. The van der Waals surface area contributed by atoms with E-state index in [1.54, 1.807) is 30.6 Å². The van der Waals surface area contributed by atoms with Crippen LogP contribution >= 0.6 is 0 Å². The zero-order chi connectivity index (χ0) is 13.0. The van der Waals surface area contributed by atoms with Crippen molar-refractivity contribution in [1.29, 1.82) is 0 Å². The van der Waals surface area contributed by atoms with E-state index in [1.165, 1.54) is 7.11 Å². The van der Waals surface area contributed by atoms with E-state index in [2.05, 4.69) is 15.5 Å². The SMILES string of the molecule is COc1cc(N)cc(C(=O)NCc2cn[nH]c2)c1. The van der Waals surface area contributed by atoms with Crippen LogP contribution in [-0.2, 0) is 6.54 Å². The highest BCUT2D eigenvalue weighted by Gasteiger charge is 2.08. The molecule has 0 spiro atoms. The number of nitrogens with two attached hydrogens (primary N) is 1. The smallest absolute Gasteiger partial charge is 0.251 e. The Labute approximate surface area is 104 Å². The van der Waals surface area contributed by atoms with E-state index in [0.717, 1.165) is 5.56 Å². The Morgan fingerprint density at radius 2 is 2.33 bits per heavy atom. The average Bonchev–Trinajstić information content (AvgIpc) is 2.88. The molecule has 1 aromatic carbocycles. The Bertz CT molecular complexity index is 537. The van der Waals surface area contributed by atoms with E-state index < -0.39 is 0 Å². The monoisotopic (exact) mass is 246 g/mol. The molecule has 4 N–H and O–H groups in total. The zero-order valence-electron chi connectivity index (χ0n) is 9.93. The van der Waals surface area contributed by atoms with Crippen LogP contribution in [0.4, 0.5) is 5.69 Å². The van der Waals surface area contributed by atoms with E-state index in [9.17, 15) is 4.79 Å². The summed E-state index contributed by atoms with van der Waals surface area (Å²) < 4.78 is 5.06. The Morgan fingerprint density at radius 1 is 1.50 bits per heavy atom. The molecule has 6 nitrogen and oxygen atoms in total. The fourth-order valence-corrected chi connectivity index (χ4v) is 1.53. The van der Waals surface area contributed by atoms with Gasteiger partial charge in [-0.15, -0.1) is 0 Å². The van der Waals surface area contributed by atoms with Crippen LogP contribution in [0.2, 0.25) is 0 Å². The van der Waals surface area contributed by atoms with E-state index in [1.807, 2.05) is 0 Å². The summed E-state index contributed by atoms with van der Waals surface area (Å²) in [7, 11) is 1.53. The summed E-state index contributed by atoms with van der Waals surface area (Å²) in [4.78, 5) is 11.9. The largest absolute Gasteiger partial charge is 0.497 e. The van der Waals surface area contributed by atoms with Gasteiger partial charge in [0.25, 0.3) is 5.91 Å². The molecule has 0 radical (unpaired) electrons. The topological polar surface area (TPSA) is 93.0 Å². The second kappa shape index (κ2) is 5.22. The lowest BCUT2D eigenvalue weighted by Gasteiger charge is -2.07. The number of nitrogen functional groups attached to an aromatic ring is 1. The number of methoxy groups -OCH3 is 1. The van der Waals surface area contributed by atoms with E-state index in [0.29, 0.717) is 23.5 Å². The van der Waals surface area contributed by atoms with Gasteiger partial charge in [0.15, 0.2) is 0 Å². The van der Waals surface area contributed by atoms with E-state index in [-0.39, 0.29) is 5.91 Å². The first kappa shape index (κ1) is 12.0. The number of carbonyl (C=O) groups is 1. The summed E-state index contributed by atoms with van der Waals surface area (Å²) in [6, 6.07) is 4.90. The summed E-state index contributed by atoms with van der Waals surface area (Å²) >= 11 is 0. The maximum absolute atomic E-state index is 11.9. The molecule has 0 saturated carbocycles. The van der Waals surface area contributed by atoms with Gasteiger partial charge in [0.1, 0.15) is 5.75 Å². The molecular formula is C12H14N4O2. The average molecular weight is 246 g/mol.